The molecule has 1 aliphatic rings. The lowest BCUT2D eigenvalue weighted by Crippen LogP contribution is -2.46. The lowest BCUT2D eigenvalue weighted by Gasteiger charge is -2.22. The van der Waals surface area contributed by atoms with Gasteiger partial charge in [-0.3, -0.25) is 19.3 Å². The van der Waals surface area contributed by atoms with Crippen molar-refractivity contribution in [3.05, 3.63) is 28.2 Å². The fourth-order valence-electron chi connectivity index (χ4n) is 2.78. The number of rotatable bonds is 7. The maximum absolute atomic E-state index is 12.4. The first-order valence-corrected chi connectivity index (χ1v) is 9.37. The van der Waals surface area contributed by atoms with Gasteiger partial charge in [0.05, 0.1) is 5.69 Å². The smallest absolute Gasteiger partial charge is 0.326 e. The van der Waals surface area contributed by atoms with Crippen LogP contribution >= 0.6 is 15.9 Å². The van der Waals surface area contributed by atoms with E-state index in [-0.39, 0.29) is 0 Å². The summed E-state index contributed by atoms with van der Waals surface area (Å²) in [5.41, 5.74) is 0.591. The van der Waals surface area contributed by atoms with Crippen LogP contribution in [0.25, 0.3) is 0 Å². The van der Waals surface area contributed by atoms with Gasteiger partial charge in [-0.2, -0.15) is 0 Å². The molecule has 1 fully saturated rings. The number of esters is 1. The monoisotopic (exact) mass is 439 g/mol. The van der Waals surface area contributed by atoms with E-state index in [4.69, 9.17) is 4.74 Å². The molecule has 2 N–H and O–H groups in total. The lowest BCUT2D eigenvalue weighted by molar-refractivity contribution is -0.150. The van der Waals surface area contributed by atoms with E-state index in [0.29, 0.717) is 23.0 Å². The van der Waals surface area contributed by atoms with Crippen molar-refractivity contribution in [3.63, 3.8) is 0 Å². The van der Waals surface area contributed by atoms with Crippen molar-refractivity contribution in [3.8, 4) is 0 Å². The number of nitrogens with one attached hydrogen (secondary N) is 2. The SMILES string of the molecule is CCC1(CC)NC(=O)N(CC(=O)OCC(=O)Nc2ccc(C)cc2Br)C1=O. The molecular formula is C18H22BrN3O5. The van der Waals surface area contributed by atoms with Gasteiger partial charge in [-0.05, 0) is 53.4 Å². The van der Waals surface area contributed by atoms with Crippen LogP contribution in [0, 0.1) is 6.92 Å². The molecule has 27 heavy (non-hydrogen) atoms. The standard InChI is InChI=1S/C18H22BrN3O5/c1-4-18(5-2)16(25)22(17(26)21-18)9-15(24)27-10-14(23)20-13-7-6-11(3)8-12(13)19/h6-8H,4-5,9-10H2,1-3H3,(H,20,23)(H,21,26). The molecule has 1 heterocycles. The molecule has 1 aromatic rings. The molecule has 0 radical (unpaired) electrons. The van der Waals surface area contributed by atoms with Gasteiger partial charge in [0.2, 0.25) is 0 Å². The van der Waals surface area contributed by atoms with E-state index < -0.39 is 42.5 Å². The number of carbonyl (C=O) groups is 4. The molecule has 1 saturated heterocycles. The Kier molecular flexibility index (Phi) is 6.59. The average molecular weight is 440 g/mol. The fourth-order valence-corrected chi connectivity index (χ4v) is 3.37. The van der Waals surface area contributed by atoms with E-state index in [2.05, 4.69) is 26.6 Å². The summed E-state index contributed by atoms with van der Waals surface area (Å²) >= 11 is 3.34. The molecule has 146 valence electrons. The second kappa shape index (κ2) is 8.51. The van der Waals surface area contributed by atoms with E-state index >= 15 is 0 Å². The minimum Gasteiger partial charge on any atom is -0.454 e. The van der Waals surface area contributed by atoms with Crippen molar-refractivity contribution < 1.29 is 23.9 Å². The van der Waals surface area contributed by atoms with Crippen LogP contribution in [0.2, 0.25) is 0 Å². The maximum Gasteiger partial charge on any atom is 0.326 e. The Hall–Kier alpha value is -2.42. The first kappa shape index (κ1) is 20.9. The van der Waals surface area contributed by atoms with Gasteiger partial charge in [-0.25, -0.2) is 4.79 Å². The lowest BCUT2D eigenvalue weighted by atomic mass is 9.93. The molecule has 2 rings (SSSR count). The highest BCUT2D eigenvalue weighted by Gasteiger charge is 2.49. The number of aryl methyl sites for hydroxylation is 1. The van der Waals surface area contributed by atoms with E-state index in [1.807, 2.05) is 19.1 Å². The van der Waals surface area contributed by atoms with E-state index in [1.54, 1.807) is 19.9 Å². The first-order chi connectivity index (χ1) is 12.7. The molecule has 1 aliphatic heterocycles. The number of carbonyl (C=O) groups excluding carboxylic acids is 4. The molecule has 0 unspecified atom stereocenters. The third-order valence-corrected chi connectivity index (χ3v) is 5.16. The molecule has 1 aromatic carbocycles. The summed E-state index contributed by atoms with van der Waals surface area (Å²) in [6, 6.07) is 4.76. The first-order valence-electron chi connectivity index (χ1n) is 8.58. The van der Waals surface area contributed by atoms with Crippen molar-refractivity contribution in [2.24, 2.45) is 0 Å². The summed E-state index contributed by atoms with van der Waals surface area (Å²) in [6.45, 7) is 4.44. The Bertz CT molecular complexity index is 776. The van der Waals surface area contributed by atoms with Gasteiger partial charge in [0.1, 0.15) is 12.1 Å². The number of benzene rings is 1. The highest BCUT2D eigenvalue weighted by molar-refractivity contribution is 9.10. The van der Waals surface area contributed by atoms with Gasteiger partial charge < -0.3 is 15.4 Å². The quantitative estimate of drug-likeness (QED) is 0.501. The molecule has 0 atom stereocenters. The zero-order chi connectivity index (χ0) is 20.2. The number of hydrogen-bond acceptors (Lipinski definition) is 5. The predicted molar refractivity (Wildman–Crippen MR) is 102 cm³/mol. The highest BCUT2D eigenvalue weighted by atomic mass is 79.9. The largest absolute Gasteiger partial charge is 0.454 e. The summed E-state index contributed by atoms with van der Waals surface area (Å²) in [5, 5.41) is 5.24. The summed E-state index contributed by atoms with van der Waals surface area (Å²) < 4.78 is 5.60. The van der Waals surface area contributed by atoms with Gasteiger partial charge in [0.25, 0.3) is 11.8 Å². The molecule has 0 spiro atoms. The number of anilines is 1. The topological polar surface area (TPSA) is 105 Å². The molecule has 0 bridgehead atoms. The Balaban J connectivity index is 1.88. The Labute approximate surface area is 165 Å². The van der Waals surface area contributed by atoms with Crippen LogP contribution in [-0.4, -0.2) is 47.4 Å². The molecule has 8 nitrogen and oxygen atoms in total. The fraction of sp³-hybridized carbons (Fsp3) is 0.444. The van der Waals surface area contributed by atoms with Crippen molar-refractivity contribution in [1.29, 1.82) is 0 Å². The van der Waals surface area contributed by atoms with Gasteiger partial charge in [-0.1, -0.05) is 19.9 Å². The molecule has 0 saturated carbocycles. The second-order valence-electron chi connectivity index (χ2n) is 6.30. The summed E-state index contributed by atoms with van der Waals surface area (Å²) in [6.07, 6.45) is 0.848. The van der Waals surface area contributed by atoms with Gasteiger partial charge in [-0.15, -0.1) is 0 Å². The van der Waals surface area contributed by atoms with E-state index in [9.17, 15) is 19.2 Å². The number of nitrogens with zero attached hydrogens (tertiary/aromatic N) is 1. The minimum absolute atomic E-state index is 0.424. The van der Waals surface area contributed by atoms with Crippen LogP contribution in [-0.2, 0) is 19.1 Å². The Morgan fingerprint density at radius 2 is 1.93 bits per heavy atom. The van der Waals surface area contributed by atoms with Crippen LogP contribution in [0.3, 0.4) is 0 Å². The molecule has 0 aromatic heterocycles. The molecule has 4 amide bonds. The highest BCUT2D eigenvalue weighted by Crippen LogP contribution is 2.25. The third-order valence-electron chi connectivity index (χ3n) is 4.50. The number of amides is 4. The molecule has 9 heteroatoms. The molecule has 0 aliphatic carbocycles. The normalized spacial score (nSPS) is 15.5. The number of halogens is 1. The Morgan fingerprint density at radius 1 is 1.26 bits per heavy atom. The molecular weight excluding hydrogens is 418 g/mol. The minimum atomic E-state index is -0.980. The summed E-state index contributed by atoms with van der Waals surface area (Å²) in [5.74, 6) is -1.82. The van der Waals surface area contributed by atoms with Crippen LogP contribution in [0.1, 0.15) is 32.3 Å². The van der Waals surface area contributed by atoms with Gasteiger partial charge in [0.15, 0.2) is 6.61 Å². The van der Waals surface area contributed by atoms with Crippen LogP contribution in [0.4, 0.5) is 10.5 Å². The van der Waals surface area contributed by atoms with Crippen LogP contribution in [0.15, 0.2) is 22.7 Å². The van der Waals surface area contributed by atoms with Crippen molar-refractivity contribution >= 4 is 45.4 Å². The van der Waals surface area contributed by atoms with E-state index in [1.165, 1.54) is 0 Å². The second-order valence-corrected chi connectivity index (χ2v) is 7.16. The number of ether oxygens (including phenoxy) is 1. The maximum atomic E-state index is 12.4. The number of urea groups is 1. The summed E-state index contributed by atoms with van der Waals surface area (Å²) in [7, 11) is 0. The average Bonchev–Trinajstić information content (AvgIpc) is 2.87. The van der Waals surface area contributed by atoms with Crippen molar-refractivity contribution in [2.75, 3.05) is 18.5 Å². The zero-order valence-electron chi connectivity index (χ0n) is 15.4. The van der Waals surface area contributed by atoms with Crippen molar-refractivity contribution in [2.45, 2.75) is 39.2 Å². The predicted octanol–water partition coefficient (Wildman–Crippen LogP) is 2.35. The number of imide groups is 1. The van der Waals surface area contributed by atoms with Gasteiger partial charge >= 0.3 is 12.0 Å². The third kappa shape index (κ3) is 4.65. The van der Waals surface area contributed by atoms with Crippen molar-refractivity contribution in [1.82, 2.24) is 10.2 Å². The summed E-state index contributed by atoms with van der Waals surface area (Å²) in [4.78, 5) is 49.2. The van der Waals surface area contributed by atoms with Gasteiger partial charge in [0, 0.05) is 4.47 Å². The van der Waals surface area contributed by atoms with Crippen LogP contribution < -0.4 is 10.6 Å². The van der Waals surface area contributed by atoms with Crippen LogP contribution in [0.5, 0.6) is 0 Å². The van der Waals surface area contributed by atoms with E-state index in [0.717, 1.165) is 10.5 Å². The zero-order valence-corrected chi connectivity index (χ0v) is 17.0. The Morgan fingerprint density at radius 3 is 2.48 bits per heavy atom. The number of hydrogen-bond donors (Lipinski definition) is 2.